The third-order valence-electron chi connectivity index (χ3n) is 1.77. The minimum Gasteiger partial charge on any atom is -0.402 e. The first-order valence-electron chi connectivity index (χ1n) is 3.87. The summed E-state index contributed by atoms with van der Waals surface area (Å²) in [4.78, 5) is 20.1. The van der Waals surface area contributed by atoms with Gasteiger partial charge in [0.2, 0.25) is 0 Å². The van der Waals surface area contributed by atoms with E-state index in [2.05, 4.69) is 9.51 Å². The molecule has 0 saturated carbocycles. The number of hydrogen-bond acceptors (Lipinski definition) is 2. The van der Waals surface area contributed by atoms with Crippen LogP contribution in [0.4, 0.5) is 0 Å². The maximum absolute atomic E-state index is 10.6. The van der Waals surface area contributed by atoms with Crippen LogP contribution in [0.5, 0.6) is 5.75 Å². The monoisotopic (exact) mass is 259 g/mol. The number of hydrogen-bond donors (Lipinski definition) is 3. The number of aromatic amines is 1. The van der Waals surface area contributed by atoms with Crippen molar-refractivity contribution in [1.82, 2.24) is 4.98 Å². The van der Waals surface area contributed by atoms with E-state index in [1.165, 1.54) is 6.20 Å². The van der Waals surface area contributed by atoms with Crippen molar-refractivity contribution in [3.05, 3.63) is 30.5 Å². The number of fused-ring (bicyclic) bond motifs is 1. The van der Waals surface area contributed by atoms with Crippen molar-refractivity contribution in [3.63, 3.8) is 0 Å². The SMILES string of the molecule is O=P(O)(O)Oc1c[nH]c2ccccc12.[Na].[Na]. The maximum atomic E-state index is 10.6. The molecule has 0 bridgehead atoms. The molecule has 0 unspecified atom stereocenters. The zero-order chi connectivity index (χ0) is 10.2. The molecule has 8 heteroatoms. The summed E-state index contributed by atoms with van der Waals surface area (Å²) in [6.07, 6.45) is 1.42. The number of phosphoric acid groups is 1. The van der Waals surface area contributed by atoms with Gasteiger partial charge in [-0.3, -0.25) is 9.79 Å². The van der Waals surface area contributed by atoms with E-state index in [-0.39, 0.29) is 64.9 Å². The quantitative estimate of drug-likeness (QED) is 0.552. The molecule has 76 valence electrons. The second kappa shape index (κ2) is 6.59. The van der Waals surface area contributed by atoms with Gasteiger partial charge < -0.3 is 9.51 Å². The van der Waals surface area contributed by atoms with Gasteiger partial charge in [-0.25, -0.2) is 4.57 Å². The zero-order valence-electron chi connectivity index (χ0n) is 9.04. The van der Waals surface area contributed by atoms with Crippen LogP contribution in [0.3, 0.4) is 0 Å². The van der Waals surface area contributed by atoms with Gasteiger partial charge >= 0.3 is 7.82 Å². The molecule has 0 aliphatic rings. The van der Waals surface area contributed by atoms with Crippen LogP contribution in [0.2, 0.25) is 0 Å². The summed E-state index contributed by atoms with van der Waals surface area (Å²) in [5.41, 5.74) is 0.774. The van der Waals surface area contributed by atoms with Crippen molar-refractivity contribution >= 4 is 77.8 Å². The summed E-state index contributed by atoms with van der Waals surface area (Å²) in [6.45, 7) is 0. The van der Waals surface area contributed by atoms with E-state index in [9.17, 15) is 4.57 Å². The second-order valence-corrected chi connectivity index (χ2v) is 3.94. The van der Waals surface area contributed by atoms with E-state index in [1.807, 2.05) is 6.07 Å². The Morgan fingerprint density at radius 3 is 2.44 bits per heavy atom. The topological polar surface area (TPSA) is 82.6 Å². The summed E-state index contributed by atoms with van der Waals surface area (Å²) in [5.74, 6) is 0.161. The number of H-pyrrole nitrogens is 1. The molecule has 3 N–H and O–H groups in total. The van der Waals surface area contributed by atoms with Crippen molar-refractivity contribution in [3.8, 4) is 5.75 Å². The van der Waals surface area contributed by atoms with Crippen molar-refractivity contribution in [1.29, 1.82) is 0 Å². The average molecular weight is 259 g/mol. The molecule has 0 spiro atoms. The molecule has 5 nitrogen and oxygen atoms in total. The largest absolute Gasteiger partial charge is 0.524 e. The molecule has 0 atom stereocenters. The fourth-order valence-corrected chi connectivity index (χ4v) is 1.66. The summed E-state index contributed by atoms with van der Waals surface area (Å²) in [6, 6.07) is 7.10. The average Bonchev–Trinajstić information content (AvgIpc) is 2.47. The van der Waals surface area contributed by atoms with Crippen LogP contribution in [0.25, 0.3) is 10.9 Å². The van der Waals surface area contributed by atoms with Gasteiger partial charge in [-0.15, -0.1) is 0 Å². The molecular weight excluding hydrogens is 251 g/mol. The maximum Gasteiger partial charge on any atom is 0.524 e. The molecule has 2 aromatic rings. The number of phosphoric ester groups is 1. The number of para-hydroxylation sites is 1. The van der Waals surface area contributed by atoms with E-state index >= 15 is 0 Å². The Labute approximate surface area is 136 Å². The van der Waals surface area contributed by atoms with E-state index in [1.54, 1.807) is 18.2 Å². The molecule has 1 aromatic heterocycles. The van der Waals surface area contributed by atoms with Crippen LogP contribution >= 0.6 is 7.82 Å². The Morgan fingerprint density at radius 2 is 1.81 bits per heavy atom. The zero-order valence-corrected chi connectivity index (χ0v) is 13.9. The van der Waals surface area contributed by atoms with Gasteiger partial charge in [-0.05, 0) is 12.1 Å². The fourth-order valence-electron chi connectivity index (χ4n) is 1.25. The fraction of sp³-hybridized carbons (Fsp3) is 0. The molecule has 0 aliphatic heterocycles. The van der Waals surface area contributed by atoms with Crippen molar-refractivity contribution in [2.75, 3.05) is 0 Å². The van der Waals surface area contributed by atoms with E-state index in [0.29, 0.717) is 5.39 Å². The van der Waals surface area contributed by atoms with Crippen molar-refractivity contribution < 1.29 is 18.9 Å². The van der Waals surface area contributed by atoms with Gasteiger partial charge in [-0.1, -0.05) is 12.1 Å². The van der Waals surface area contributed by atoms with Crippen LogP contribution in [0.15, 0.2) is 30.5 Å². The number of nitrogens with one attached hydrogen (secondary N) is 1. The standard InChI is InChI=1S/C8H8NO4P.2Na/c10-14(11,12)13-8-5-9-7-4-2-1-3-6(7)8;;/h1-5,9H,(H2,10,11,12);;. The Morgan fingerprint density at radius 1 is 1.19 bits per heavy atom. The van der Waals surface area contributed by atoms with Crippen LogP contribution in [-0.2, 0) is 4.57 Å². The summed E-state index contributed by atoms with van der Waals surface area (Å²) in [7, 11) is -4.48. The van der Waals surface area contributed by atoms with Gasteiger partial charge in [0.15, 0.2) is 5.75 Å². The Bertz CT molecular complexity index is 509. The van der Waals surface area contributed by atoms with Gasteiger partial charge in [0.25, 0.3) is 0 Å². The van der Waals surface area contributed by atoms with Gasteiger partial charge in [-0.2, -0.15) is 0 Å². The molecular formula is C8H8NNa2O4P. The van der Waals surface area contributed by atoms with Crippen LogP contribution in [0, 0.1) is 0 Å². The Kier molecular flexibility index (Phi) is 6.88. The minimum atomic E-state index is -4.48. The molecule has 2 rings (SSSR count). The van der Waals surface area contributed by atoms with Gasteiger partial charge in [0.1, 0.15) is 0 Å². The molecule has 0 aliphatic carbocycles. The molecule has 1 heterocycles. The van der Waals surface area contributed by atoms with Crippen LogP contribution in [0.1, 0.15) is 0 Å². The predicted octanol–water partition coefficient (Wildman–Crippen LogP) is 0.878. The van der Waals surface area contributed by atoms with E-state index in [0.717, 1.165) is 5.52 Å². The predicted molar refractivity (Wildman–Crippen MR) is 62.5 cm³/mol. The Hall–Kier alpha value is 0.710. The summed E-state index contributed by atoms with van der Waals surface area (Å²) < 4.78 is 15.1. The smallest absolute Gasteiger partial charge is 0.402 e. The summed E-state index contributed by atoms with van der Waals surface area (Å²) >= 11 is 0. The van der Waals surface area contributed by atoms with Crippen LogP contribution < -0.4 is 4.52 Å². The third kappa shape index (κ3) is 4.18. The molecule has 16 heavy (non-hydrogen) atoms. The molecule has 2 radical (unpaired) electrons. The number of aromatic nitrogens is 1. The summed E-state index contributed by atoms with van der Waals surface area (Å²) in [5, 5.41) is 0.649. The first kappa shape index (κ1) is 16.7. The number of rotatable bonds is 2. The first-order chi connectivity index (χ1) is 6.56. The third-order valence-corrected chi connectivity index (χ3v) is 2.20. The molecule has 1 aromatic carbocycles. The molecule has 0 saturated heterocycles. The van der Waals surface area contributed by atoms with Gasteiger partial charge in [0.05, 0.1) is 0 Å². The van der Waals surface area contributed by atoms with E-state index < -0.39 is 7.82 Å². The number of benzene rings is 1. The van der Waals surface area contributed by atoms with Crippen molar-refractivity contribution in [2.45, 2.75) is 0 Å². The van der Waals surface area contributed by atoms with Crippen LogP contribution in [-0.4, -0.2) is 73.9 Å². The normalized spacial score (nSPS) is 10.4. The molecule has 0 fully saturated rings. The van der Waals surface area contributed by atoms with Gasteiger partial charge in [0, 0.05) is 76.2 Å². The Balaban J connectivity index is 0.00000112. The van der Waals surface area contributed by atoms with E-state index in [4.69, 9.17) is 9.79 Å². The second-order valence-electron chi connectivity index (χ2n) is 2.78. The first-order valence-corrected chi connectivity index (χ1v) is 5.40. The minimum absolute atomic E-state index is 0. The van der Waals surface area contributed by atoms with Crippen molar-refractivity contribution in [2.24, 2.45) is 0 Å². The molecule has 0 amide bonds.